The molecule has 3 N–H and O–H groups in total. The molecule has 1 unspecified atom stereocenters. The monoisotopic (exact) mass is 677 g/mol. The highest BCUT2D eigenvalue weighted by molar-refractivity contribution is 6.42. The first-order valence-electron chi connectivity index (χ1n) is 14.0. The number of hydrogen-bond acceptors (Lipinski definition) is 4. The molecule has 3 aromatic carbocycles. The number of imidazole rings is 1. The quantitative estimate of drug-likeness (QED) is 0.159. The predicted molar refractivity (Wildman–Crippen MR) is 165 cm³/mol. The van der Waals surface area contributed by atoms with Gasteiger partial charge < -0.3 is 19.8 Å². The van der Waals surface area contributed by atoms with Crippen molar-refractivity contribution in [2.24, 2.45) is 7.05 Å². The fourth-order valence-corrected chi connectivity index (χ4v) is 5.03. The summed E-state index contributed by atoms with van der Waals surface area (Å²) in [6.45, 7) is 1.48. The Morgan fingerprint density at radius 2 is 1.72 bits per heavy atom. The van der Waals surface area contributed by atoms with Gasteiger partial charge in [0.05, 0.1) is 41.2 Å². The molecule has 0 aliphatic carbocycles. The highest BCUT2D eigenvalue weighted by atomic mass is 35.5. The van der Waals surface area contributed by atoms with Gasteiger partial charge in [0.1, 0.15) is 5.82 Å². The lowest BCUT2D eigenvalue weighted by Crippen LogP contribution is -2.35. The second-order valence-corrected chi connectivity index (χ2v) is 11.4. The van der Waals surface area contributed by atoms with Crippen LogP contribution in [0, 0.1) is 11.2 Å². The largest absolute Gasteiger partial charge is 0.417 e. The van der Waals surface area contributed by atoms with Gasteiger partial charge in [-0.3, -0.25) is 19.8 Å². The van der Waals surface area contributed by atoms with Gasteiger partial charge in [0.2, 0.25) is 11.5 Å². The van der Waals surface area contributed by atoms with Gasteiger partial charge in [-0.05, 0) is 64.7 Å². The molecule has 0 aliphatic rings. The number of nitrogens with zero attached hydrogens (tertiary/aromatic N) is 2. The zero-order chi connectivity index (χ0) is 33.8. The summed E-state index contributed by atoms with van der Waals surface area (Å²) in [6.07, 6.45) is -1.74. The van der Waals surface area contributed by atoms with Crippen LogP contribution in [0.5, 0.6) is 0 Å². The van der Waals surface area contributed by atoms with Crippen LogP contribution in [0.2, 0.25) is 10.0 Å². The van der Waals surface area contributed by atoms with Gasteiger partial charge in [0.15, 0.2) is 5.78 Å². The Bertz CT molecular complexity index is 1850. The molecule has 1 heterocycles. The van der Waals surface area contributed by atoms with E-state index in [9.17, 15) is 31.9 Å². The van der Waals surface area contributed by atoms with Crippen molar-refractivity contribution in [2.75, 3.05) is 6.54 Å². The Morgan fingerprint density at radius 3 is 2.35 bits per heavy atom. The second-order valence-electron chi connectivity index (χ2n) is 10.5. The highest BCUT2D eigenvalue weighted by Crippen LogP contribution is 2.38. The van der Waals surface area contributed by atoms with Crippen molar-refractivity contribution in [2.45, 2.75) is 38.5 Å². The predicted octanol–water partition coefficient (Wildman–Crippen LogP) is 6.44. The molecule has 0 bridgehead atoms. The topological polar surface area (TPSA) is 109 Å². The number of hydrogen-bond donors (Lipinski definition) is 3. The number of nitrogens with one attached hydrogen (secondary N) is 3. The number of halogens is 6. The summed E-state index contributed by atoms with van der Waals surface area (Å²) in [6, 6.07) is 9.94. The molecule has 1 aromatic heterocycles. The normalized spacial score (nSPS) is 12.1. The molecular formula is C32H29Cl2F4N5O3. The van der Waals surface area contributed by atoms with Crippen LogP contribution in [0.1, 0.15) is 52.9 Å². The van der Waals surface area contributed by atoms with Gasteiger partial charge in [0.25, 0.3) is 5.91 Å². The van der Waals surface area contributed by atoms with Crippen molar-refractivity contribution in [3.8, 4) is 11.1 Å². The maximum atomic E-state index is 14.0. The fourth-order valence-electron chi connectivity index (χ4n) is 4.72. The van der Waals surface area contributed by atoms with Gasteiger partial charge in [-0.1, -0.05) is 42.3 Å². The number of carbonyl (C=O) groups excluding carboxylic acids is 3. The third-order valence-electron chi connectivity index (χ3n) is 7.20. The van der Waals surface area contributed by atoms with Crippen molar-refractivity contribution in [3.63, 3.8) is 0 Å². The number of alkyl halides is 3. The zero-order valence-corrected chi connectivity index (χ0v) is 26.2. The van der Waals surface area contributed by atoms with Gasteiger partial charge >= 0.3 is 6.18 Å². The van der Waals surface area contributed by atoms with Crippen LogP contribution in [0.4, 0.5) is 17.6 Å². The average Bonchev–Trinajstić information content (AvgIpc) is 3.32. The first kappa shape index (κ1) is 34.5. The Morgan fingerprint density at radius 1 is 0.978 bits per heavy atom. The Kier molecular flexibility index (Phi) is 10.7. The molecule has 4 rings (SSSR count). The van der Waals surface area contributed by atoms with Crippen LogP contribution in [-0.2, 0) is 29.4 Å². The van der Waals surface area contributed by atoms with E-state index >= 15 is 0 Å². The summed E-state index contributed by atoms with van der Waals surface area (Å²) < 4.78 is 59.0. The second kappa shape index (κ2) is 14.3. The van der Waals surface area contributed by atoms with E-state index in [2.05, 4.69) is 10.6 Å². The maximum absolute atomic E-state index is 14.0. The summed E-state index contributed by atoms with van der Waals surface area (Å²) in [5.41, 5.74) is -0.758. The van der Waals surface area contributed by atoms with E-state index < -0.39 is 35.4 Å². The van der Waals surface area contributed by atoms with Crippen molar-refractivity contribution in [1.82, 2.24) is 19.8 Å². The number of amides is 2. The van der Waals surface area contributed by atoms with E-state index in [0.717, 1.165) is 12.1 Å². The molecule has 0 saturated heterocycles. The summed E-state index contributed by atoms with van der Waals surface area (Å²) in [4.78, 5) is 38.3. The first-order chi connectivity index (χ1) is 21.7. The fraction of sp³-hybridized carbons (Fsp3) is 0.250. The zero-order valence-electron chi connectivity index (χ0n) is 24.6. The molecule has 8 nitrogen and oxygen atoms in total. The SMILES string of the molecule is CCC(=O)CNC(=O)CC(NC(=O)c1cc(Cn2ccn(C)c2=N)cc(-c2ccc(F)cc2C(F)(F)F)c1)c1ccc(Cl)c(Cl)c1. The standard InChI is InChI=1S/C32H29Cl2F4N5O3/c1-3-23(44)16-40-29(45)15-28(19-4-7-26(33)27(34)13-19)41-30(46)21-11-18(17-43-9-8-42(2)31(43)39)10-20(12-21)24-6-5-22(35)14-25(24)32(36,37)38/h4-14,28,39H,3,15-17H2,1-2H3,(H,40,45)(H,41,46). The van der Waals surface area contributed by atoms with Crippen molar-refractivity contribution < 1.29 is 31.9 Å². The molecular weight excluding hydrogens is 649 g/mol. The molecule has 0 spiro atoms. The molecule has 4 aromatic rings. The third-order valence-corrected chi connectivity index (χ3v) is 7.94. The Hall–Kier alpha value is -4.42. The minimum atomic E-state index is -4.90. The smallest absolute Gasteiger partial charge is 0.349 e. The Labute approximate surface area is 271 Å². The van der Waals surface area contributed by atoms with Crippen LogP contribution >= 0.6 is 23.2 Å². The number of aromatic nitrogens is 2. The van der Waals surface area contributed by atoms with E-state index in [1.54, 1.807) is 32.4 Å². The van der Waals surface area contributed by atoms with Gasteiger partial charge in [-0.25, -0.2) is 4.39 Å². The van der Waals surface area contributed by atoms with E-state index in [-0.39, 0.29) is 64.1 Å². The van der Waals surface area contributed by atoms with E-state index in [0.29, 0.717) is 17.2 Å². The van der Waals surface area contributed by atoms with Gasteiger partial charge in [-0.15, -0.1) is 0 Å². The van der Waals surface area contributed by atoms with E-state index in [1.165, 1.54) is 39.5 Å². The van der Waals surface area contributed by atoms with Gasteiger partial charge in [-0.2, -0.15) is 13.2 Å². The number of carbonyl (C=O) groups is 3. The molecule has 2 amide bonds. The minimum Gasteiger partial charge on any atom is -0.349 e. The van der Waals surface area contributed by atoms with Crippen molar-refractivity contribution >= 4 is 40.8 Å². The number of Topliss-reactive ketones (excluding diaryl/α,β-unsaturated/α-hetero) is 1. The molecule has 0 saturated carbocycles. The molecule has 1 atom stereocenters. The lowest BCUT2D eigenvalue weighted by Gasteiger charge is -2.21. The van der Waals surface area contributed by atoms with Crippen molar-refractivity contribution in [1.29, 1.82) is 5.41 Å². The number of benzene rings is 3. The molecule has 242 valence electrons. The molecule has 14 heteroatoms. The third kappa shape index (κ3) is 8.43. The van der Waals surface area contributed by atoms with Crippen LogP contribution in [0.3, 0.4) is 0 Å². The highest BCUT2D eigenvalue weighted by Gasteiger charge is 2.34. The lowest BCUT2D eigenvalue weighted by atomic mass is 9.94. The van der Waals surface area contributed by atoms with Gasteiger partial charge in [0, 0.05) is 31.4 Å². The minimum absolute atomic E-state index is 0.0139. The van der Waals surface area contributed by atoms with Crippen LogP contribution in [0.25, 0.3) is 11.1 Å². The Balaban J connectivity index is 1.77. The number of ketones is 1. The summed E-state index contributed by atoms with van der Waals surface area (Å²) >= 11 is 12.3. The van der Waals surface area contributed by atoms with E-state index in [1.807, 2.05) is 0 Å². The summed E-state index contributed by atoms with van der Waals surface area (Å²) in [7, 11) is 1.65. The summed E-state index contributed by atoms with van der Waals surface area (Å²) in [5, 5.41) is 13.9. The van der Waals surface area contributed by atoms with Crippen LogP contribution in [0.15, 0.2) is 67.0 Å². The van der Waals surface area contributed by atoms with Crippen molar-refractivity contribution in [3.05, 3.63) is 111 Å². The number of aryl methyl sites for hydroxylation is 1. The van der Waals surface area contributed by atoms with Crippen LogP contribution < -0.4 is 16.3 Å². The summed E-state index contributed by atoms with van der Waals surface area (Å²) in [5.74, 6) is -2.56. The first-order valence-corrected chi connectivity index (χ1v) is 14.7. The van der Waals surface area contributed by atoms with Crippen LogP contribution in [-0.4, -0.2) is 33.3 Å². The molecule has 0 aliphatic heterocycles. The lowest BCUT2D eigenvalue weighted by molar-refractivity contribution is -0.137. The average molecular weight is 679 g/mol. The molecule has 0 radical (unpaired) electrons. The van der Waals surface area contributed by atoms with E-state index in [4.69, 9.17) is 28.6 Å². The molecule has 46 heavy (non-hydrogen) atoms. The maximum Gasteiger partial charge on any atom is 0.417 e. The number of rotatable bonds is 11. The molecule has 0 fully saturated rings.